The molecule has 0 spiro atoms. The van der Waals surface area contributed by atoms with Crippen LogP contribution in [0.2, 0.25) is 5.02 Å². The van der Waals surface area contributed by atoms with E-state index in [0.717, 1.165) is 37.2 Å². The van der Waals surface area contributed by atoms with Crippen LogP contribution in [0.5, 0.6) is 0 Å². The monoisotopic (exact) mass is 476 g/mol. The Bertz CT molecular complexity index is 1130. The highest BCUT2D eigenvalue weighted by Gasteiger charge is 2.31. The van der Waals surface area contributed by atoms with E-state index < -0.39 is 22.0 Å². The molecule has 8 nitrogen and oxygen atoms in total. The predicted molar refractivity (Wildman–Crippen MR) is 124 cm³/mol. The molecule has 1 fully saturated rings. The molecule has 3 amide bonds. The number of sulfonamides is 1. The molecule has 0 unspecified atom stereocenters. The van der Waals surface area contributed by atoms with Crippen LogP contribution >= 0.6 is 11.6 Å². The number of likely N-dealkylation sites (tertiary alicyclic amines) is 1. The maximum absolute atomic E-state index is 12.9. The predicted octanol–water partition coefficient (Wildman–Crippen LogP) is 3.22. The molecule has 0 aromatic heterocycles. The van der Waals surface area contributed by atoms with Crippen LogP contribution < -0.4 is 14.9 Å². The van der Waals surface area contributed by atoms with Crippen molar-refractivity contribution in [2.45, 2.75) is 37.1 Å². The molecule has 2 N–H and O–H groups in total. The fourth-order valence-electron chi connectivity index (χ4n) is 3.96. The van der Waals surface area contributed by atoms with Gasteiger partial charge >= 0.3 is 6.03 Å². The normalized spacial score (nSPS) is 16.7. The number of anilines is 2. The Morgan fingerprint density at radius 2 is 1.72 bits per heavy atom. The van der Waals surface area contributed by atoms with Gasteiger partial charge in [0.05, 0.1) is 10.9 Å². The molecular formula is C22H25ClN4O4S. The van der Waals surface area contributed by atoms with Crippen LogP contribution in [0.1, 0.15) is 25.3 Å². The molecule has 0 bridgehead atoms. The summed E-state index contributed by atoms with van der Waals surface area (Å²) in [4.78, 5) is 28.8. The highest BCUT2D eigenvalue weighted by atomic mass is 35.5. The van der Waals surface area contributed by atoms with Crippen LogP contribution in [0.15, 0.2) is 47.4 Å². The molecule has 10 heteroatoms. The average Bonchev–Trinajstić information content (AvgIpc) is 3.44. The third-order valence-electron chi connectivity index (χ3n) is 5.70. The summed E-state index contributed by atoms with van der Waals surface area (Å²) in [5.41, 5.74) is 2.07. The van der Waals surface area contributed by atoms with Gasteiger partial charge in [-0.2, -0.15) is 4.72 Å². The number of amides is 3. The number of fused-ring (bicyclic) bond motifs is 1. The van der Waals surface area contributed by atoms with Crippen LogP contribution in [0.4, 0.5) is 16.2 Å². The topological polar surface area (TPSA) is 98.8 Å². The molecule has 0 aliphatic carbocycles. The van der Waals surface area contributed by atoms with E-state index in [4.69, 9.17) is 11.6 Å². The Morgan fingerprint density at radius 3 is 2.41 bits per heavy atom. The van der Waals surface area contributed by atoms with Crippen LogP contribution in [-0.2, 0) is 21.2 Å². The van der Waals surface area contributed by atoms with Gasteiger partial charge in [-0.1, -0.05) is 11.6 Å². The van der Waals surface area contributed by atoms with Crippen LogP contribution in [0, 0.1) is 0 Å². The number of carbonyl (C=O) groups is 2. The van der Waals surface area contributed by atoms with Crippen LogP contribution in [0.25, 0.3) is 0 Å². The number of nitrogens with one attached hydrogen (secondary N) is 2. The zero-order valence-corrected chi connectivity index (χ0v) is 19.2. The Morgan fingerprint density at radius 1 is 1.03 bits per heavy atom. The molecule has 1 atom stereocenters. The lowest BCUT2D eigenvalue weighted by Crippen LogP contribution is -2.41. The fourth-order valence-corrected chi connectivity index (χ4v) is 5.34. The summed E-state index contributed by atoms with van der Waals surface area (Å²) in [6, 6.07) is 10.2. The number of benzene rings is 2. The Hall–Kier alpha value is -2.62. The van der Waals surface area contributed by atoms with Gasteiger partial charge in [0.25, 0.3) is 0 Å². The largest absolute Gasteiger partial charge is 0.325 e. The van der Waals surface area contributed by atoms with Crippen molar-refractivity contribution in [1.29, 1.82) is 0 Å². The van der Waals surface area contributed by atoms with Gasteiger partial charge in [0, 0.05) is 36.0 Å². The number of rotatable bonds is 5. The molecule has 2 aromatic rings. The van der Waals surface area contributed by atoms with Gasteiger partial charge < -0.3 is 10.2 Å². The highest BCUT2D eigenvalue weighted by molar-refractivity contribution is 7.89. The molecule has 2 aromatic carbocycles. The van der Waals surface area contributed by atoms with Gasteiger partial charge in [-0.25, -0.2) is 13.2 Å². The van der Waals surface area contributed by atoms with E-state index in [1.165, 1.54) is 13.0 Å². The SMILES string of the molecule is C[C@H](NS(=O)(=O)c1ccc2c(c1)CCN2C(=O)N1CCCC1)C(=O)Nc1ccc(Cl)cc1. The average molecular weight is 477 g/mol. The zero-order chi connectivity index (χ0) is 22.9. The lowest BCUT2D eigenvalue weighted by Gasteiger charge is -2.24. The first kappa shape index (κ1) is 22.6. The summed E-state index contributed by atoms with van der Waals surface area (Å²) < 4.78 is 28.2. The van der Waals surface area contributed by atoms with Crippen molar-refractivity contribution in [3.63, 3.8) is 0 Å². The summed E-state index contributed by atoms with van der Waals surface area (Å²) in [6.45, 7) is 3.53. The molecule has 170 valence electrons. The van der Waals surface area contributed by atoms with E-state index in [-0.39, 0.29) is 10.9 Å². The minimum atomic E-state index is -3.92. The Labute approximate surface area is 192 Å². The standard InChI is InChI=1S/C22H25ClN4O4S/c1-15(21(28)24-18-6-4-17(23)5-7-18)25-32(30,31)19-8-9-20-16(14-19)10-13-27(20)22(29)26-11-2-3-12-26/h4-9,14-15,25H,2-3,10-13H2,1H3,(H,24,28)/t15-/m0/s1. The minimum absolute atomic E-state index is 0.0255. The fraction of sp³-hybridized carbons (Fsp3) is 0.364. The summed E-state index contributed by atoms with van der Waals surface area (Å²) in [6.07, 6.45) is 2.61. The third-order valence-corrected chi connectivity index (χ3v) is 7.49. The third kappa shape index (κ3) is 4.74. The van der Waals surface area contributed by atoms with Crippen molar-refractivity contribution in [2.24, 2.45) is 0 Å². The number of urea groups is 1. The second-order valence-electron chi connectivity index (χ2n) is 8.01. The van der Waals surface area contributed by atoms with Gasteiger partial charge in [-0.15, -0.1) is 0 Å². The minimum Gasteiger partial charge on any atom is -0.325 e. The van der Waals surface area contributed by atoms with Gasteiger partial charge in [0.15, 0.2) is 0 Å². The van der Waals surface area contributed by atoms with E-state index in [0.29, 0.717) is 23.7 Å². The number of hydrogen-bond acceptors (Lipinski definition) is 4. The van der Waals surface area contributed by atoms with Crippen molar-refractivity contribution in [3.8, 4) is 0 Å². The molecule has 2 heterocycles. The van der Waals surface area contributed by atoms with Crippen molar-refractivity contribution in [2.75, 3.05) is 29.9 Å². The lowest BCUT2D eigenvalue weighted by molar-refractivity contribution is -0.117. The van der Waals surface area contributed by atoms with Gasteiger partial charge in [-0.05, 0) is 74.2 Å². The Balaban J connectivity index is 1.44. The van der Waals surface area contributed by atoms with E-state index in [2.05, 4.69) is 10.0 Å². The molecule has 2 aliphatic heterocycles. The van der Waals surface area contributed by atoms with Gasteiger partial charge in [0.1, 0.15) is 0 Å². The van der Waals surface area contributed by atoms with Crippen molar-refractivity contribution in [3.05, 3.63) is 53.1 Å². The van der Waals surface area contributed by atoms with E-state index in [1.807, 2.05) is 4.90 Å². The molecular weight excluding hydrogens is 452 g/mol. The van der Waals surface area contributed by atoms with E-state index >= 15 is 0 Å². The highest BCUT2D eigenvalue weighted by Crippen LogP contribution is 2.31. The van der Waals surface area contributed by atoms with Crippen molar-refractivity contribution >= 4 is 44.9 Å². The second kappa shape index (κ2) is 9.09. The van der Waals surface area contributed by atoms with E-state index in [9.17, 15) is 18.0 Å². The van der Waals surface area contributed by atoms with E-state index in [1.54, 1.807) is 41.3 Å². The van der Waals surface area contributed by atoms with Gasteiger partial charge in [0.2, 0.25) is 15.9 Å². The van der Waals surface area contributed by atoms with Crippen LogP contribution in [-0.4, -0.2) is 50.9 Å². The first-order valence-corrected chi connectivity index (χ1v) is 12.4. The maximum Gasteiger partial charge on any atom is 0.324 e. The number of halogens is 1. The summed E-state index contributed by atoms with van der Waals surface area (Å²) >= 11 is 5.84. The van der Waals surface area contributed by atoms with Gasteiger partial charge in [-0.3, -0.25) is 9.69 Å². The quantitative estimate of drug-likeness (QED) is 0.692. The first-order chi connectivity index (χ1) is 15.2. The van der Waals surface area contributed by atoms with Crippen molar-refractivity contribution < 1.29 is 18.0 Å². The van der Waals surface area contributed by atoms with Crippen LogP contribution in [0.3, 0.4) is 0 Å². The van der Waals surface area contributed by atoms with Crippen molar-refractivity contribution in [1.82, 2.24) is 9.62 Å². The second-order valence-corrected chi connectivity index (χ2v) is 10.2. The maximum atomic E-state index is 12.9. The molecule has 0 saturated carbocycles. The summed E-state index contributed by atoms with van der Waals surface area (Å²) in [5.74, 6) is -0.487. The molecule has 4 rings (SSSR count). The number of nitrogens with zero attached hydrogens (tertiary/aromatic N) is 2. The molecule has 1 saturated heterocycles. The zero-order valence-electron chi connectivity index (χ0n) is 17.7. The summed E-state index contributed by atoms with van der Waals surface area (Å²) in [5, 5.41) is 3.19. The summed E-state index contributed by atoms with van der Waals surface area (Å²) in [7, 11) is -3.92. The Kier molecular flexibility index (Phi) is 6.41. The number of carbonyl (C=O) groups excluding carboxylic acids is 2. The smallest absolute Gasteiger partial charge is 0.324 e. The number of hydrogen-bond donors (Lipinski definition) is 2. The molecule has 2 aliphatic rings. The lowest BCUT2D eigenvalue weighted by atomic mass is 10.2. The first-order valence-electron chi connectivity index (χ1n) is 10.5. The molecule has 0 radical (unpaired) electrons. The molecule has 32 heavy (non-hydrogen) atoms.